The van der Waals surface area contributed by atoms with E-state index < -0.39 is 11.8 Å². The number of benzene rings is 2. The molecule has 2 aromatic carbocycles. The van der Waals surface area contributed by atoms with Crippen LogP contribution in [0.5, 0.6) is 0 Å². The summed E-state index contributed by atoms with van der Waals surface area (Å²) in [4.78, 5) is 15.8. The van der Waals surface area contributed by atoms with Crippen molar-refractivity contribution in [2.75, 3.05) is 7.11 Å². The van der Waals surface area contributed by atoms with Crippen LogP contribution in [-0.2, 0) is 4.74 Å². The first-order valence-corrected chi connectivity index (χ1v) is 7.31. The first-order valence-electron chi connectivity index (χ1n) is 6.14. The van der Waals surface area contributed by atoms with Gasteiger partial charge in [0, 0.05) is 0 Å². The monoisotopic (exact) mass is 383 g/mol. The second-order valence-electron chi connectivity index (χ2n) is 4.42. The van der Waals surface area contributed by atoms with E-state index in [1.54, 1.807) is 18.2 Å². The highest BCUT2D eigenvalue weighted by atomic mass is 79.9. The Morgan fingerprint density at radius 3 is 2.91 bits per heavy atom. The van der Waals surface area contributed by atoms with Gasteiger partial charge < -0.3 is 9.15 Å². The minimum Gasteiger partial charge on any atom is -0.465 e. The summed E-state index contributed by atoms with van der Waals surface area (Å²) in [5.74, 6) is -0.946. The summed E-state index contributed by atoms with van der Waals surface area (Å²) >= 11 is 9.20. The minimum atomic E-state index is -0.540. The smallest absolute Gasteiger partial charge is 0.337 e. The fourth-order valence-corrected chi connectivity index (χ4v) is 2.63. The Hall–Kier alpha value is -1.92. The van der Waals surface area contributed by atoms with E-state index >= 15 is 0 Å². The SMILES string of the molecule is COC(=O)c1cc(Cl)c2oc(-c3cccc(Br)c3F)nc2c1. The second kappa shape index (κ2) is 5.70. The van der Waals surface area contributed by atoms with Gasteiger partial charge in [-0.1, -0.05) is 17.7 Å². The molecule has 0 unspecified atom stereocenters. The van der Waals surface area contributed by atoms with E-state index in [0.717, 1.165) is 0 Å². The Labute approximate surface area is 138 Å². The maximum atomic E-state index is 14.1. The molecule has 4 nitrogen and oxygen atoms in total. The summed E-state index contributed by atoms with van der Waals surface area (Å²) < 4.78 is 24.6. The van der Waals surface area contributed by atoms with Crippen LogP contribution in [0.1, 0.15) is 10.4 Å². The van der Waals surface area contributed by atoms with E-state index in [-0.39, 0.29) is 27.6 Å². The second-order valence-corrected chi connectivity index (χ2v) is 5.68. The van der Waals surface area contributed by atoms with Crippen LogP contribution in [0.25, 0.3) is 22.6 Å². The van der Waals surface area contributed by atoms with Gasteiger partial charge in [-0.3, -0.25) is 0 Å². The lowest BCUT2D eigenvalue weighted by molar-refractivity contribution is 0.0601. The summed E-state index contributed by atoms with van der Waals surface area (Å²) in [5.41, 5.74) is 1.07. The van der Waals surface area contributed by atoms with Gasteiger partial charge in [0.25, 0.3) is 0 Å². The van der Waals surface area contributed by atoms with Gasteiger partial charge in [0.1, 0.15) is 11.3 Å². The van der Waals surface area contributed by atoms with Gasteiger partial charge in [-0.2, -0.15) is 0 Å². The number of ether oxygens (including phenoxy) is 1. The highest BCUT2D eigenvalue weighted by Gasteiger charge is 2.18. The predicted molar refractivity (Wildman–Crippen MR) is 83.5 cm³/mol. The number of carbonyl (C=O) groups is 1. The predicted octanol–water partition coefficient (Wildman–Crippen LogP) is 4.84. The molecule has 7 heteroatoms. The van der Waals surface area contributed by atoms with Crippen LogP contribution >= 0.6 is 27.5 Å². The quantitative estimate of drug-likeness (QED) is 0.594. The number of hydrogen-bond acceptors (Lipinski definition) is 4. The Kier molecular flexibility index (Phi) is 3.88. The van der Waals surface area contributed by atoms with E-state index in [4.69, 9.17) is 16.0 Å². The summed E-state index contributed by atoms with van der Waals surface area (Å²) in [7, 11) is 1.27. The van der Waals surface area contributed by atoms with Gasteiger partial charge in [0.05, 0.1) is 27.7 Å². The molecule has 0 saturated carbocycles. The zero-order valence-electron chi connectivity index (χ0n) is 11.2. The number of halogens is 3. The standard InChI is InChI=1S/C15H8BrClFNO3/c1-21-15(20)7-5-10(17)13-11(6-7)19-14(22-13)8-3-2-4-9(16)12(8)18/h2-6H,1H3. The van der Waals surface area contributed by atoms with E-state index in [9.17, 15) is 9.18 Å². The molecule has 22 heavy (non-hydrogen) atoms. The van der Waals surface area contributed by atoms with Crippen molar-refractivity contribution < 1.29 is 18.3 Å². The Balaban J connectivity index is 2.20. The van der Waals surface area contributed by atoms with Crippen molar-refractivity contribution in [3.8, 4) is 11.5 Å². The number of aromatic nitrogens is 1. The molecule has 1 aromatic heterocycles. The number of carbonyl (C=O) groups excluding carboxylic acids is 1. The molecule has 0 radical (unpaired) electrons. The third-order valence-electron chi connectivity index (χ3n) is 3.05. The molecule has 0 aliphatic rings. The normalized spacial score (nSPS) is 10.9. The molecule has 0 aliphatic carbocycles. The van der Waals surface area contributed by atoms with Crippen LogP contribution < -0.4 is 0 Å². The molecule has 0 fully saturated rings. The van der Waals surface area contributed by atoms with Crippen LogP contribution in [0.15, 0.2) is 39.2 Å². The van der Waals surface area contributed by atoms with Crippen LogP contribution in [0.4, 0.5) is 4.39 Å². The molecule has 3 rings (SSSR count). The summed E-state index contributed by atoms with van der Waals surface area (Å²) in [5, 5.41) is 0.201. The van der Waals surface area contributed by atoms with Crippen LogP contribution in [-0.4, -0.2) is 18.1 Å². The van der Waals surface area contributed by atoms with Crippen molar-refractivity contribution in [1.82, 2.24) is 4.98 Å². The van der Waals surface area contributed by atoms with Gasteiger partial charge in [0.15, 0.2) is 5.58 Å². The lowest BCUT2D eigenvalue weighted by atomic mass is 10.2. The van der Waals surface area contributed by atoms with Gasteiger partial charge in [-0.25, -0.2) is 14.2 Å². The number of nitrogens with zero attached hydrogens (tertiary/aromatic N) is 1. The molecule has 0 atom stereocenters. The van der Waals surface area contributed by atoms with Crippen molar-refractivity contribution in [1.29, 1.82) is 0 Å². The van der Waals surface area contributed by atoms with E-state index in [1.165, 1.54) is 19.2 Å². The molecule has 112 valence electrons. The van der Waals surface area contributed by atoms with Gasteiger partial charge in [0.2, 0.25) is 5.89 Å². The molecular formula is C15H8BrClFNO3. The number of rotatable bonds is 2. The molecule has 0 bridgehead atoms. The fourth-order valence-electron chi connectivity index (χ4n) is 2.01. The third-order valence-corrected chi connectivity index (χ3v) is 3.94. The highest BCUT2D eigenvalue weighted by molar-refractivity contribution is 9.10. The molecule has 1 heterocycles. The van der Waals surface area contributed by atoms with Crippen molar-refractivity contribution in [3.05, 3.63) is 51.2 Å². The van der Waals surface area contributed by atoms with E-state index in [2.05, 4.69) is 25.7 Å². The Morgan fingerprint density at radius 2 is 2.18 bits per heavy atom. The Morgan fingerprint density at radius 1 is 1.41 bits per heavy atom. The van der Waals surface area contributed by atoms with Crippen LogP contribution in [0, 0.1) is 5.82 Å². The molecule has 0 aliphatic heterocycles. The van der Waals surface area contributed by atoms with E-state index in [1.807, 2.05) is 0 Å². The van der Waals surface area contributed by atoms with Gasteiger partial charge >= 0.3 is 5.97 Å². The zero-order valence-corrected chi connectivity index (χ0v) is 13.5. The van der Waals surface area contributed by atoms with Crippen molar-refractivity contribution >= 4 is 44.6 Å². The summed E-state index contributed by atoms with van der Waals surface area (Å²) in [6.45, 7) is 0. The summed E-state index contributed by atoms with van der Waals surface area (Å²) in [6.07, 6.45) is 0. The largest absolute Gasteiger partial charge is 0.465 e. The molecule has 0 N–H and O–H groups in total. The molecule has 0 amide bonds. The first kappa shape index (κ1) is 15.0. The van der Waals surface area contributed by atoms with Crippen molar-refractivity contribution in [3.63, 3.8) is 0 Å². The lowest BCUT2D eigenvalue weighted by Gasteiger charge is -1.99. The van der Waals surface area contributed by atoms with Gasteiger partial charge in [-0.05, 0) is 40.2 Å². The summed E-state index contributed by atoms with van der Waals surface area (Å²) in [6, 6.07) is 7.68. The third kappa shape index (κ3) is 2.48. The molecule has 0 spiro atoms. The number of esters is 1. The Bertz CT molecular complexity index is 894. The topological polar surface area (TPSA) is 52.3 Å². The number of fused-ring (bicyclic) bond motifs is 1. The van der Waals surface area contributed by atoms with Crippen molar-refractivity contribution in [2.24, 2.45) is 0 Å². The van der Waals surface area contributed by atoms with Crippen LogP contribution in [0.3, 0.4) is 0 Å². The average Bonchev–Trinajstić information content (AvgIpc) is 2.93. The average molecular weight is 385 g/mol. The molecule has 3 aromatic rings. The minimum absolute atomic E-state index is 0.0812. The molecular weight excluding hydrogens is 377 g/mol. The number of hydrogen-bond donors (Lipinski definition) is 0. The lowest BCUT2D eigenvalue weighted by Crippen LogP contribution is -2.00. The van der Waals surface area contributed by atoms with Crippen molar-refractivity contribution in [2.45, 2.75) is 0 Å². The fraction of sp³-hybridized carbons (Fsp3) is 0.0667. The molecule has 0 saturated heterocycles. The maximum absolute atomic E-state index is 14.1. The highest BCUT2D eigenvalue weighted by Crippen LogP contribution is 2.33. The van der Waals surface area contributed by atoms with E-state index in [0.29, 0.717) is 9.99 Å². The maximum Gasteiger partial charge on any atom is 0.337 e. The first-order chi connectivity index (χ1) is 10.5. The van der Waals surface area contributed by atoms with Gasteiger partial charge in [-0.15, -0.1) is 0 Å². The number of methoxy groups -OCH3 is 1. The van der Waals surface area contributed by atoms with Crippen LogP contribution in [0.2, 0.25) is 5.02 Å². The number of oxazole rings is 1. The zero-order chi connectivity index (χ0) is 15.9.